The molecule has 7 nitrogen and oxygen atoms in total. The van der Waals surface area contributed by atoms with E-state index in [1.54, 1.807) is 18.9 Å². The summed E-state index contributed by atoms with van der Waals surface area (Å²) in [5.41, 5.74) is 5.63. The van der Waals surface area contributed by atoms with Crippen molar-refractivity contribution >= 4 is 27.6 Å². The van der Waals surface area contributed by atoms with E-state index >= 15 is 0 Å². The third kappa shape index (κ3) is 3.04. The number of rotatable bonds is 6. The highest BCUT2D eigenvalue weighted by Gasteiger charge is 2.35. The van der Waals surface area contributed by atoms with Crippen molar-refractivity contribution in [2.24, 2.45) is 0 Å². The predicted octanol–water partition coefficient (Wildman–Crippen LogP) is 0.135. The van der Waals surface area contributed by atoms with Gasteiger partial charge in [0.1, 0.15) is 10.7 Å². The Hall–Kier alpha value is -0.770. The molecule has 0 bridgehead atoms. The Morgan fingerprint density at radius 2 is 2.47 bits per heavy atom. The zero-order chi connectivity index (χ0) is 13.9. The fourth-order valence-electron chi connectivity index (χ4n) is 2.05. The lowest BCUT2D eigenvalue weighted by Gasteiger charge is -2.26. The van der Waals surface area contributed by atoms with Crippen LogP contribution in [0.2, 0.25) is 0 Å². The number of nitrogen functional groups attached to an aromatic ring is 1. The van der Waals surface area contributed by atoms with Crippen molar-refractivity contribution in [2.75, 3.05) is 37.5 Å². The standard InChI is InChI=1S/C10H18N4O3S2/c1-17-4-3-14(8-2-5-18-7-8)19(15,16)9-6-12-13-10(9)11/h6,8H,2-5,7H2,1H3,(H3,11,12,13). The number of hydrogen-bond acceptors (Lipinski definition) is 6. The quantitative estimate of drug-likeness (QED) is 0.775. The van der Waals surface area contributed by atoms with Crippen molar-refractivity contribution in [1.82, 2.24) is 14.5 Å². The van der Waals surface area contributed by atoms with Gasteiger partial charge in [-0.1, -0.05) is 0 Å². The maximum Gasteiger partial charge on any atom is 0.248 e. The first-order valence-electron chi connectivity index (χ1n) is 5.94. The zero-order valence-electron chi connectivity index (χ0n) is 10.7. The van der Waals surface area contributed by atoms with Gasteiger partial charge in [-0.15, -0.1) is 0 Å². The van der Waals surface area contributed by atoms with Crippen LogP contribution in [0.1, 0.15) is 6.42 Å². The van der Waals surface area contributed by atoms with Crippen LogP contribution in [-0.4, -0.2) is 60.7 Å². The number of methoxy groups -OCH3 is 1. The van der Waals surface area contributed by atoms with Crippen molar-refractivity contribution in [1.29, 1.82) is 0 Å². The lowest BCUT2D eigenvalue weighted by molar-refractivity contribution is 0.169. The van der Waals surface area contributed by atoms with Gasteiger partial charge in [0, 0.05) is 25.4 Å². The van der Waals surface area contributed by atoms with E-state index in [1.807, 2.05) is 0 Å². The Balaban J connectivity index is 2.28. The normalized spacial score (nSPS) is 20.2. The highest BCUT2D eigenvalue weighted by molar-refractivity contribution is 7.99. The number of ether oxygens (including phenoxy) is 1. The molecule has 1 aromatic rings. The molecule has 0 spiro atoms. The summed E-state index contributed by atoms with van der Waals surface area (Å²) in [6, 6.07) is -0.000509. The Kier molecular flexibility index (Phi) is 4.71. The van der Waals surface area contributed by atoms with Gasteiger partial charge in [0.25, 0.3) is 0 Å². The van der Waals surface area contributed by atoms with Crippen LogP contribution in [0.25, 0.3) is 0 Å². The van der Waals surface area contributed by atoms with Crippen LogP contribution in [0.3, 0.4) is 0 Å². The molecule has 108 valence electrons. The molecule has 0 saturated carbocycles. The highest BCUT2D eigenvalue weighted by Crippen LogP contribution is 2.28. The molecular formula is C10H18N4O3S2. The summed E-state index contributed by atoms with van der Waals surface area (Å²) in [5, 5.41) is 6.15. The molecule has 1 aliphatic rings. The number of nitrogens with zero attached hydrogens (tertiary/aromatic N) is 2. The number of hydrogen-bond donors (Lipinski definition) is 2. The van der Waals surface area contributed by atoms with E-state index in [2.05, 4.69) is 10.2 Å². The zero-order valence-corrected chi connectivity index (χ0v) is 12.3. The molecule has 1 fully saturated rings. The minimum Gasteiger partial charge on any atom is -0.383 e. The summed E-state index contributed by atoms with van der Waals surface area (Å²) in [7, 11) is -2.07. The third-order valence-corrected chi connectivity index (χ3v) is 6.17. The molecule has 3 N–H and O–H groups in total. The van der Waals surface area contributed by atoms with E-state index in [9.17, 15) is 8.42 Å². The number of aromatic nitrogens is 2. The monoisotopic (exact) mass is 306 g/mol. The van der Waals surface area contributed by atoms with E-state index < -0.39 is 10.0 Å². The van der Waals surface area contributed by atoms with Crippen molar-refractivity contribution < 1.29 is 13.2 Å². The number of sulfonamides is 1. The second-order valence-corrected chi connectivity index (χ2v) is 7.28. The molecule has 0 aliphatic carbocycles. The first kappa shape index (κ1) is 14.6. The van der Waals surface area contributed by atoms with Crippen LogP contribution in [0.15, 0.2) is 11.1 Å². The van der Waals surface area contributed by atoms with Crippen LogP contribution in [0, 0.1) is 0 Å². The lowest BCUT2D eigenvalue weighted by Crippen LogP contribution is -2.42. The van der Waals surface area contributed by atoms with E-state index in [4.69, 9.17) is 10.5 Å². The predicted molar refractivity (Wildman–Crippen MR) is 74.5 cm³/mol. The van der Waals surface area contributed by atoms with Gasteiger partial charge >= 0.3 is 0 Å². The molecular weight excluding hydrogens is 288 g/mol. The molecule has 9 heteroatoms. The van der Waals surface area contributed by atoms with E-state index in [0.29, 0.717) is 13.2 Å². The molecule has 1 saturated heterocycles. The largest absolute Gasteiger partial charge is 0.383 e. The van der Waals surface area contributed by atoms with Gasteiger partial charge in [-0.2, -0.15) is 21.2 Å². The van der Waals surface area contributed by atoms with Gasteiger partial charge < -0.3 is 10.5 Å². The maximum atomic E-state index is 12.6. The SMILES string of the molecule is COCCN(C1CCSC1)S(=O)(=O)c1cn[nH]c1N. The van der Waals surface area contributed by atoms with Crippen LogP contribution >= 0.6 is 11.8 Å². The summed E-state index contributed by atoms with van der Waals surface area (Å²) in [6.07, 6.45) is 2.11. The fraction of sp³-hybridized carbons (Fsp3) is 0.700. The summed E-state index contributed by atoms with van der Waals surface area (Å²) < 4.78 is 31.7. The minimum atomic E-state index is -3.62. The van der Waals surface area contributed by atoms with E-state index in [0.717, 1.165) is 17.9 Å². The molecule has 1 unspecified atom stereocenters. The number of nitrogens with two attached hydrogens (primary N) is 1. The minimum absolute atomic E-state index is 0.000509. The average Bonchev–Trinajstić information content (AvgIpc) is 3.00. The highest BCUT2D eigenvalue weighted by atomic mass is 32.2. The molecule has 2 heterocycles. The van der Waals surface area contributed by atoms with Crippen LogP contribution < -0.4 is 5.73 Å². The van der Waals surface area contributed by atoms with E-state index in [1.165, 1.54) is 10.5 Å². The summed E-state index contributed by atoms with van der Waals surface area (Å²) in [6.45, 7) is 0.687. The van der Waals surface area contributed by atoms with Crippen molar-refractivity contribution in [3.05, 3.63) is 6.20 Å². The van der Waals surface area contributed by atoms with Gasteiger partial charge in [0.15, 0.2) is 0 Å². The van der Waals surface area contributed by atoms with Crippen molar-refractivity contribution in [3.8, 4) is 0 Å². The number of nitrogens with one attached hydrogen (secondary N) is 1. The number of aromatic amines is 1. The first-order chi connectivity index (χ1) is 9.07. The second kappa shape index (κ2) is 6.12. The fourth-order valence-corrected chi connectivity index (χ4v) is 5.01. The molecule has 19 heavy (non-hydrogen) atoms. The Bertz CT molecular complexity index is 511. The Morgan fingerprint density at radius 1 is 1.68 bits per heavy atom. The maximum absolute atomic E-state index is 12.6. The van der Waals surface area contributed by atoms with Gasteiger partial charge in [-0.25, -0.2) is 8.42 Å². The Labute approximate surface area is 116 Å². The average molecular weight is 306 g/mol. The molecule has 1 atom stereocenters. The van der Waals surface area contributed by atoms with E-state index in [-0.39, 0.29) is 16.8 Å². The van der Waals surface area contributed by atoms with Gasteiger partial charge in [0.2, 0.25) is 10.0 Å². The summed E-state index contributed by atoms with van der Waals surface area (Å²) in [5.74, 6) is 1.86. The molecule has 2 rings (SSSR count). The van der Waals surface area contributed by atoms with Crippen molar-refractivity contribution in [2.45, 2.75) is 17.4 Å². The van der Waals surface area contributed by atoms with Gasteiger partial charge in [-0.3, -0.25) is 5.10 Å². The molecule has 0 aromatic carbocycles. The molecule has 0 amide bonds. The molecule has 1 aliphatic heterocycles. The van der Waals surface area contributed by atoms with Crippen LogP contribution in [0.4, 0.5) is 5.82 Å². The summed E-state index contributed by atoms with van der Waals surface area (Å²) >= 11 is 1.76. The third-order valence-electron chi connectivity index (χ3n) is 3.05. The van der Waals surface area contributed by atoms with Crippen LogP contribution in [-0.2, 0) is 14.8 Å². The molecule has 0 radical (unpaired) electrons. The number of H-pyrrole nitrogens is 1. The summed E-state index contributed by atoms with van der Waals surface area (Å²) in [4.78, 5) is 0.0421. The number of anilines is 1. The van der Waals surface area contributed by atoms with Crippen LogP contribution in [0.5, 0.6) is 0 Å². The van der Waals surface area contributed by atoms with Gasteiger partial charge in [-0.05, 0) is 12.2 Å². The van der Waals surface area contributed by atoms with Crippen molar-refractivity contribution in [3.63, 3.8) is 0 Å². The lowest BCUT2D eigenvalue weighted by atomic mass is 10.3. The second-order valence-electron chi connectivity index (χ2n) is 4.27. The number of thioether (sulfide) groups is 1. The Morgan fingerprint density at radius 3 is 3.00 bits per heavy atom. The first-order valence-corrected chi connectivity index (χ1v) is 8.54. The van der Waals surface area contributed by atoms with Gasteiger partial charge in [0.05, 0.1) is 12.8 Å². The topological polar surface area (TPSA) is 101 Å². The molecule has 1 aromatic heterocycles. The smallest absolute Gasteiger partial charge is 0.248 e.